The van der Waals surface area contributed by atoms with Crippen LogP contribution in [-0.4, -0.2) is 11.9 Å². The van der Waals surface area contributed by atoms with Gasteiger partial charge in [-0.25, -0.2) is 0 Å². The summed E-state index contributed by atoms with van der Waals surface area (Å²) in [6.07, 6.45) is 8.24. The van der Waals surface area contributed by atoms with Gasteiger partial charge in [0.25, 0.3) is 0 Å². The van der Waals surface area contributed by atoms with Gasteiger partial charge in [0, 0.05) is 6.92 Å². The van der Waals surface area contributed by atoms with E-state index in [1.54, 1.807) is 0 Å². The largest absolute Gasteiger partial charge is 0.393 e. The van der Waals surface area contributed by atoms with Gasteiger partial charge in [0.05, 0.1) is 5.92 Å². The molecule has 2 fully saturated rings. The van der Waals surface area contributed by atoms with E-state index in [9.17, 15) is 9.59 Å². The van der Waals surface area contributed by atoms with E-state index in [-0.39, 0.29) is 11.9 Å². The first kappa shape index (κ1) is 11.6. The van der Waals surface area contributed by atoms with Crippen LogP contribution < -0.4 is 0 Å². The van der Waals surface area contributed by atoms with Crippen LogP contribution in [-0.2, 0) is 14.3 Å². The lowest BCUT2D eigenvalue weighted by atomic mass is 9.67. The Hall–Kier alpha value is -0.860. The van der Waals surface area contributed by atoms with Crippen molar-refractivity contribution in [2.45, 2.75) is 51.9 Å². The fourth-order valence-electron chi connectivity index (χ4n) is 3.31. The summed E-state index contributed by atoms with van der Waals surface area (Å²) in [5.74, 6) is 0.734. The number of fused-ring (bicyclic) bond motifs is 1. The molecule has 0 aromatic rings. The first-order valence-electron chi connectivity index (χ1n) is 6.39. The molecule has 0 bridgehead atoms. The Labute approximate surface area is 96.5 Å². The number of ether oxygens (including phenoxy) is 1. The predicted octanol–water partition coefficient (Wildman–Crippen LogP) is 2.68. The first-order valence-corrected chi connectivity index (χ1v) is 6.39. The second-order valence-electron chi connectivity index (χ2n) is 5.23. The maximum Gasteiger partial charge on any atom is 0.316 e. The number of hydrogen-bond donors (Lipinski definition) is 0. The highest BCUT2D eigenvalue weighted by atomic mass is 16.6. The summed E-state index contributed by atoms with van der Waals surface area (Å²) in [5, 5.41) is 0. The third-order valence-corrected chi connectivity index (χ3v) is 4.12. The maximum absolute atomic E-state index is 11.6. The smallest absolute Gasteiger partial charge is 0.316 e. The van der Waals surface area contributed by atoms with Crippen molar-refractivity contribution in [3.8, 4) is 0 Å². The standard InChI is InChI=1S/C13H20O3/c1-9(14)16-13(15)12-7-6-10-4-2-3-5-11(10)8-12/h10-12H,2-8H2,1H3. The van der Waals surface area contributed by atoms with Crippen molar-refractivity contribution in [2.24, 2.45) is 17.8 Å². The Morgan fingerprint density at radius 1 is 1.00 bits per heavy atom. The molecule has 0 spiro atoms. The van der Waals surface area contributed by atoms with Gasteiger partial charge in [0.2, 0.25) is 0 Å². The van der Waals surface area contributed by atoms with Crippen molar-refractivity contribution in [3.05, 3.63) is 0 Å². The van der Waals surface area contributed by atoms with Crippen LogP contribution in [0.4, 0.5) is 0 Å². The Kier molecular flexibility index (Phi) is 3.62. The lowest BCUT2D eigenvalue weighted by Crippen LogP contribution is -2.32. The molecule has 0 aliphatic heterocycles. The van der Waals surface area contributed by atoms with Gasteiger partial charge in [0.1, 0.15) is 0 Å². The average molecular weight is 224 g/mol. The summed E-state index contributed by atoms with van der Waals surface area (Å²) in [6, 6.07) is 0. The van der Waals surface area contributed by atoms with E-state index in [2.05, 4.69) is 0 Å². The minimum atomic E-state index is -0.476. The molecule has 2 rings (SSSR count). The molecule has 3 unspecified atom stereocenters. The van der Waals surface area contributed by atoms with E-state index in [0.29, 0.717) is 5.92 Å². The predicted molar refractivity (Wildman–Crippen MR) is 59.6 cm³/mol. The summed E-state index contributed by atoms with van der Waals surface area (Å²) < 4.78 is 4.69. The molecule has 0 saturated heterocycles. The second kappa shape index (κ2) is 4.98. The van der Waals surface area contributed by atoms with E-state index in [1.165, 1.54) is 32.6 Å². The van der Waals surface area contributed by atoms with E-state index >= 15 is 0 Å². The van der Waals surface area contributed by atoms with Crippen LogP contribution in [0.5, 0.6) is 0 Å². The van der Waals surface area contributed by atoms with Crippen LogP contribution in [0.15, 0.2) is 0 Å². The van der Waals surface area contributed by atoms with Crippen molar-refractivity contribution < 1.29 is 14.3 Å². The highest BCUT2D eigenvalue weighted by Gasteiger charge is 2.35. The number of hydrogen-bond acceptors (Lipinski definition) is 3. The Morgan fingerprint density at radius 3 is 2.38 bits per heavy atom. The van der Waals surface area contributed by atoms with Gasteiger partial charge >= 0.3 is 11.9 Å². The monoisotopic (exact) mass is 224 g/mol. The summed E-state index contributed by atoms with van der Waals surface area (Å²) in [6.45, 7) is 1.30. The van der Waals surface area contributed by atoms with Crippen molar-refractivity contribution in [3.63, 3.8) is 0 Å². The van der Waals surface area contributed by atoms with Crippen molar-refractivity contribution >= 4 is 11.9 Å². The molecule has 2 aliphatic rings. The Balaban J connectivity index is 1.89. The maximum atomic E-state index is 11.6. The van der Waals surface area contributed by atoms with Crippen LogP contribution in [0.25, 0.3) is 0 Å². The molecule has 2 aliphatic carbocycles. The molecule has 0 aromatic heterocycles. The Morgan fingerprint density at radius 2 is 1.69 bits per heavy atom. The molecule has 0 amide bonds. The first-order chi connectivity index (χ1) is 7.66. The minimum Gasteiger partial charge on any atom is -0.393 e. The van der Waals surface area contributed by atoms with Crippen molar-refractivity contribution in [1.29, 1.82) is 0 Å². The van der Waals surface area contributed by atoms with Crippen LogP contribution >= 0.6 is 0 Å². The summed E-state index contributed by atoms with van der Waals surface area (Å²) in [4.78, 5) is 22.4. The van der Waals surface area contributed by atoms with Crippen molar-refractivity contribution in [2.75, 3.05) is 0 Å². The number of carbonyl (C=O) groups excluding carboxylic acids is 2. The number of carbonyl (C=O) groups is 2. The van der Waals surface area contributed by atoms with Gasteiger partial charge in [-0.1, -0.05) is 25.7 Å². The van der Waals surface area contributed by atoms with Gasteiger partial charge < -0.3 is 4.74 Å². The third-order valence-electron chi connectivity index (χ3n) is 4.12. The van der Waals surface area contributed by atoms with E-state index in [1.807, 2.05) is 0 Å². The molecule has 3 nitrogen and oxygen atoms in total. The molecule has 3 atom stereocenters. The lowest BCUT2D eigenvalue weighted by molar-refractivity contribution is -0.162. The van der Waals surface area contributed by atoms with Crippen molar-refractivity contribution in [1.82, 2.24) is 0 Å². The molecule has 0 heterocycles. The van der Waals surface area contributed by atoms with Gasteiger partial charge in [-0.3, -0.25) is 9.59 Å². The summed E-state index contributed by atoms with van der Waals surface area (Å²) in [5.41, 5.74) is 0. The highest BCUT2D eigenvalue weighted by molar-refractivity contribution is 5.85. The topological polar surface area (TPSA) is 43.4 Å². The van der Waals surface area contributed by atoms with Crippen LogP contribution in [0.1, 0.15) is 51.9 Å². The van der Waals surface area contributed by atoms with Gasteiger partial charge in [-0.05, 0) is 31.1 Å². The molecule has 3 heteroatoms. The average Bonchev–Trinajstić information content (AvgIpc) is 2.27. The summed E-state index contributed by atoms with van der Waals surface area (Å²) in [7, 11) is 0. The Bertz CT molecular complexity index is 285. The number of rotatable bonds is 1. The zero-order valence-electron chi connectivity index (χ0n) is 9.91. The zero-order valence-corrected chi connectivity index (χ0v) is 9.91. The minimum absolute atomic E-state index is 0.0248. The molecule has 90 valence electrons. The molecule has 0 N–H and O–H groups in total. The molecule has 2 saturated carbocycles. The normalized spacial score (nSPS) is 33.9. The second-order valence-corrected chi connectivity index (χ2v) is 5.23. The SMILES string of the molecule is CC(=O)OC(=O)C1CCC2CCCCC2C1. The highest BCUT2D eigenvalue weighted by Crippen LogP contribution is 2.42. The molecular formula is C13H20O3. The van der Waals surface area contributed by atoms with Gasteiger partial charge in [-0.2, -0.15) is 0 Å². The third kappa shape index (κ3) is 2.63. The molecule has 16 heavy (non-hydrogen) atoms. The number of esters is 2. The van der Waals surface area contributed by atoms with Crippen LogP contribution in [0, 0.1) is 17.8 Å². The molecule has 0 radical (unpaired) electrons. The van der Waals surface area contributed by atoms with E-state index in [4.69, 9.17) is 4.74 Å². The van der Waals surface area contributed by atoms with E-state index < -0.39 is 5.97 Å². The zero-order chi connectivity index (χ0) is 11.5. The fraction of sp³-hybridized carbons (Fsp3) is 0.846. The van der Waals surface area contributed by atoms with Gasteiger partial charge in [0.15, 0.2) is 0 Å². The molecular weight excluding hydrogens is 204 g/mol. The lowest BCUT2D eigenvalue weighted by Gasteiger charge is -2.38. The molecule has 0 aromatic carbocycles. The fourth-order valence-corrected chi connectivity index (χ4v) is 3.31. The van der Waals surface area contributed by atoms with Crippen LogP contribution in [0.3, 0.4) is 0 Å². The summed E-state index contributed by atoms with van der Waals surface area (Å²) >= 11 is 0. The quantitative estimate of drug-likeness (QED) is 0.508. The van der Waals surface area contributed by atoms with Crippen LogP contribution in [0.2, 0.25) is 0 Å². The van der Waals surface area contributed by atoms with Gasteiger partial charge in [-0.15, -0.1) is 0 Å². The van der Waals surface area contributed by atoms with E-state index in [0.717, 1.165) is 25.2 Å².